The molecule has 0 N–H and O–H groups in total. The van der Waals surface area contributed by atoms with Crippen LogP contribution in [0, 0.1) is 12.7 Å². The molecular formula is C12H8Br2FNO. The number of benzene rings is 1. The highest BCUT2D eigenvalue weighted by atomic mass is 79.9. The third kappa shape index (κ3) is 3.04. The molecule has 0 spiro atoms. The Morgan fingerprint density at radius 3 is 2.59 bits per heavy atom. The maximum Gasteiger partial charge on any atom is 0.222 e. The van der Waals surface area contributed by atoms with Gasteiger partial charge in [0.2, 0.25) is 5.88 Å². The zero-order chi connectivity index (χ0) is 12.4. The van der Waals surface area contributed by atoms with Gasteiger partial charge in [0.05, 0.1) is 0 Å². The summed E-state index contributed by atoms with van der Waals surface area (Å²) in [4.78, 5) is 4.09. The summed E-state index contributed by atoms with van der Waals surface area (Å²) in [5, 5.41) is 0. The first-order valence-corrected chi connectivity index (χ1v) is 6.40. The predicted molar refractivity (Wildman–Crippen MR) is 70.8 cm³/mol. The molecule has 17 heavy (non-hydrogen) atoms. The summed E-state index contributed by atoms with van der Waals surface area (Å²) in [6.45, 7) is 1.85. The molecule has 0 saturated heterocycles. The van der Waals surface area contributed by atoms with Gasteiger partial charge in [-0.3, -0.25) is 0 Å². The Bertz CT molecular complexity index is 511. The number of hydrogen-bond acceptors (Lipinski definition) is 2. The van der Waals surface area contributed by atoms with Crippen LogP contribution in [0.1, 0.15) is 5.56 Å². The normalized spacial score (nSPS) is 10.4. The van der Waals surface area contributed by atoms with E-state index in [1.165, 1.54) is 6.07 Å². The minimum atomic E-state index is -0.427. The van der Waals surface area contributed by atoms with E-state index >= 15 is 0 Å². The van der Waals surface area contributed by atoms with Gasteiger partial charge >= 0.3 is 0 Å². The molecule has 1 aromatic carbocycles. The zero-order valence-electron chi connectivity index (χ0n) is 8.88. The van der Waals surface area contributed by atoms with Gasteiger partial charge in [0, 0.05) is 20.7 Å². The van der Waals surface area contributed by atoms with Gasteiger partial charge in [-0.2, -0.15) is 0 Å². The average molecular weight is 361 g/mol. The molecule has 2 aromatic rings. The van der Waals surface area contributed by atoms with Crippen molar-refractivity contribution >= 4 is 31.9 Å². The lowest BCUT2D eigenvalue weighted by Gasteiger charge is -2.08. The molecule has 0 atom stereocenters. The molecule has 0 unspecified atom stereocenters. The second-order valence-electron chi connectivity index (χ2n) is 3.45. The average Bonchev–Trinajstić information content (AvgIpc) is 2.25. The van der Waals surface area contributed by atoms with Gasteiger partial charge in [0.15, 0.2) is 11.6 Å². The molecule has 0 aliphatic rings. The van der Waals surface area contributed by atoms with E-state index in [0.717, 1.165) is 10.0 Å². The lowest BCUT2D eigenvalue weighted by molar-refractivity contribution is 0.424. The molecule has 0 saturated carbocycles. The van der Waals surface area contributed by atoms with Crippen LogP contribution in [-0.2, 0) is 0 Å². The number of aryl methyl sites for hydroxylation is 1. The van der Waals surface area contributed by atoms with Gasteiger partial charge in [0.25, 0.3) is 0 Å². The fourth-order valence-electron chi connectivity index (χ4n) is 1.30. The standard InChI is InChI=1S/C12H8Br2FNO/c1-7-4-9(14)6-16-12(7)17-11-3-2-8(13)5-10(11)15/h2-6H,1H3. The van der Waals surface area contributed by atoms with Crippen LogP contribution < -0.4 is 4.74 Å². The van der Waals surface area contributed by atoms with E-state index in [1.807, 2.05) is 13.0 Å². The minimum absolute atomic E-state index is 0.158. The highest BCUT2D eigenvalue weighted by Gasteiger charge is 2.08. The van der Waals surface area contributed by atoms with Crippen LogP contribution in [0.5, 0.6) is 11.6 Å². The molecule has 0 bridgehead atoms. The van der Waals surface area contributed by atoms with Crippen molar-refractivity contribution in [2.75, 3.05) is 0 Å². The third-order valence-electron chi connectivity index (χ3n) is 2.10. The van der Waals surface area contributed by atoms with E-state index in [0.29, 0.717) is 10.4 Å². The highest BCUT2D eigenvalue weighted by Crippen LogP contribution is 2.28. The Balaban J connectivity index is 2.31. The summed E-state index contributed by atoms with van der Waals surface area (Å²) in [6.07, 6.45) is 1.61. The molecule has 0 fully saturated rings. The Morgan fingerprint density at radius 2 is 1.94 bits per heavy atom. The largest absolute Gasteiger partial charge is 0.436 e. The van der Waals surface area contributed by atoms with Crippen molar-refractivity contribution in [3.8, 4) is 11.6 Å². The number of ether oxygens (including phenoxy) is 1. The molecule has 2 rings (SSSR count). The van der Waals surface area contributed by atoms with E-state index < -0.39 is 5.82 Å². The minimum Gasteiger partial charge on any atom is -0.436 e. The van der Waals surface area contributed by atoms with Crippen molar-refractivity contribution in [2.24, 2.45) is 0 Å². The van der Waals surface area contributed by atoms with Crippen molar-refractivity contribution in [1.82, 2.24) is 4.98 Å². The Morgan fingerprint density at radius 1 is 1.18 bits per heavy atom. The van der Waals surface area contributed by atoms with E-state index in [2.05, 4.69) is 36.8 Å². The van der Waals surface area contributed by atoms with Crippen LogP contribution in [0.3, 0.4) is 0 Å². The number of hydrogen-bond donors (Lipinski definition) is 0. The first kappa shape index (κ1) is 12.5. The van der Waals surface area contributed by atoms with Crippen LogP contribution in [0.2, 0.25) is 0 Å². The van der Waals surface area contributed by atoms with Gasteiger partial charge in [-0.1, -0.05) is 15.9 Å². The lowest BCUT2D eigenvalue weighted by atomic mass is 10.3. The zero-order valence-corrected chi connectivity index (χ0v) is 12.0. The van der Waals surface area contributed by atoms with Gasteiger partial charge < -0.3 is 4.74 Å². The molecule has 88 valence electrons. The number of rotatable bonds is 2. The van der Waals surface area contributed by atoms with E-state index in [9.17, 15) is 4.39 Å². The summed E-state index contributed by atoms with van der Waals surface area (Å²) < 4.78 is 20.5. The first-order valence-electron chi connectivity index (χ1n) is 4.81. The second-order valence-corrected chi connectivity index (χ2v) is 5.28. The molecule has 0 aliphatic heterocycles. The molecule has 0 aliphatic carbocycles. The summed E-state index contributed by atoms with van der Waals surface area (Å²) in [7, 11) is 0. The molecule has 1 aromatic heterocycles. The van der Waals surface area contributed by atoms with Crippen LogP contribution in [0.15, 0.2) is 39.4 Å². The topological polar surface area (TPSA) is 22.1 Å². The van der Waals surface area contributed by atoms with Gasteiger partial charge in [-0.25, -0.2) is 9.37 Å². The van der Waals surface area contributed by atoms with Crippen molar-refractivity contribution in [1.29, 1.82) is 0 Å². The first-order chi connectivity index (χ1) is 8.06. The van der Waals surface area contributed by atoms with E-state index in [1.54, 1.807) is 18.3 Å². The SMILES string of the molecule is Cc1cc(Br)cnc1Oc1ccc(Br)cc1F. The van der Waals surface area contributed by atoms with Crippen molar-refractivity contribution in [3.63, 3.8) is 0 Å². The van der Waals surface area contributed by atoms with Gasteiger partial charge in [0.1, 0.15) is 0 Å². The summed E-state index contributed by atoms with van der Waals surface area (Å²) in [5.41, 5.74) is 0.835. The maximum atomic E-state index is 13.6. The third-order valence-corrected chi connectivity index (χ3v) is 3.02. The smallest absolute Gasteiger partial charge is 0.222 e. The van der Waals surface area contributed by atoms with Crippen molar-refractivity contribution < 1.29 is 9.13 Å². The predicted octanol–water partition coefficient (Wildman–Crippen LogP) is 4.85. The number of halogens is 3. The van der Waals surface area contributed by atoms with Crippen LogP contribution in [-0.4, -0.2) is 4.98 Å². The molecule has 2 nitrogen and oxygen atoms in total. The summed E-state index contributed by atoms with van der Waals surface area (Å²) in [6, 6.07) is 6.48. The van der Waals surface area contributed by atoms with Crippen LogP contribution in [0.25, 0.3) is 0 Å². The molecule has 0 amide bonds. The van der Waals surface area contributed by atoms with Crippen molar-refractivity contribution in [3.05, 3.63) is 50.8 Å². The summed E-state index contributed by atoms with van der Waals surface area (Å²) >= 11 is 6.50. The lowest BCUT2D eigenvalue weighted by Crippen LogP contribution is -1.93. The number of pyridine rings is 1. The monoisotopic (exact) mass is 359 g/mol. The molecule has 5 heteroatoms. The number of aromatic nitrogens is 1. The number of nitrogens with zero attached hydrogens (tertiary/aromatic N) is 1. The maximum absolute atomic E-state index is 13.6. The molecule has 1 heterocycles. The van der Waals surface area contributed by atoms with Gasteiger partial charge in [-0.05, 0) is 47.1 Å². The molecule has 0 radical (unpaired) electrons. The molecular weight excluding hydrogens is 353 g/mol. The van der Waals surface area contributed by atoms with E-state index in [4.69, 9.17) is 4.74 Å². The quantitative estimate of drug-likeness (QED) is 0.763. The fraction of sp³-hybridized carbons (Fsp3) is 0.0833. The second kappa shape index (κ2) is 5.14. The van der Waals surface area contributed by atoms with E-state index in [-0.39, 0.29) is 5.75 Å². The summed E-state index contributed by atoms with van der Waals surface area (Å²) in [5.74, 6) is 0.129. The van der Waals surface area contributed by atoms with Crippen LogP contribution in [0.4, 0.5) is 4.39 Å². The Hall–Kier alpha value is -0.940. The Labute approximate surface area is 115 Å². The Kier molecular flexibility index (Phi) is 3.79. The van der Waals surface area contributed by atoms with Crippen molar-refractivity contribution in [2.45, 2.75) is 6.92 Å². The highest BCUT2D eigenvalue weighted by molar-refractivity contribution is 9.10. The van der Waals surface area contributed by atoms with Crippen LogP contribution >= 0.6 is 31.9 Å². The fourth-order valence-corrected chi connectivity index (χ4v) is 2.08. The van der Waals surface area contributed by atoms with Gasteiger partial charge in [-0.15, -0.1) is 0 Å².